The van der Waals surface area contributed by atoms with Gasteiger partial charge in [0.25, 0.3) is 0 Å². The van der Waals surface area contributed by atoms with Crippen LogP contribution in [-0.4, -0.2) is 74.2 Å². The lowest BCUT2D eigenvalue weighted by atomic mass is 10.0. The molecule has 0 aliphatic carbocycles. The number of carbonyl (C=O) groups excluding carboxylic acids is 1. The maximum absolute atomic E-state index is 12.4. The van der Waals surface area contributed by atoms with E-state index in [1.165, 1.54) is 0 Å². The van der Waals surface area contributed by atoms with Crippen LogP contribution in [0.1, 0.15) is 26.3 Å². The first-order valence-electron chi connectivity index (χ1n) is 9.34. The Hall–Kier alpha value is -2.95. The first kappa shape index (κ1) is 19.8. The standard InChI is InChI=1S/C20H27N5O3/c1-20(2,3)28-19(26)24-8-9-25-14(11-24)12-27-18-15(10-21)16(6-7-17(18)25)22-13-23(4)5/h6-7,13-14H,8-9,11-12H2,1-5H3/t14-/m1/s1. The Kier molecular flexibility index (Phi) is 5.36. The van der Waals surface area contributed by atoms with Crippen molar-refractivity contribution in [3.63, 3.8) is 0 Å². The number of carbonyl (C=O) groups is 1. The van der Waals surface area contributed by atoms with Crippen molar-refractivity contribution in [2.75, 3.05) is 45.2 Å². The molecule has 8 nitrogen and oxygen atoms in total. The van der Waals surface area contributed by atoms with Gasteiger partial charge < -0.3 is 24.2 Å². The maximum atomic E-state index is 12.4. The summed E-state index contributed by atoms with van der Waals surface area (Å²) in [6.07, 6.45) is 1.36. The van der Waals surface area contributed by atoms with Crippen molar-refractivity contribution < 1.29 is 14.3 Å². The average Bonchev–Trinajstić information content (AvgIpc) is 2.63. The molecule has 0 radical (unpaired) electrons. The number of ether oxygens (including phenoxy) is 2. The van der Waals surface area contributed by atoms with E-state index in [2.05, 4.69) is 16.0 Å². The molecule has 0 saturated carbocycles. The largest absolute Gasteiger partial charge is 0.488 e. The van der Waals surface area contributed by atoms with Gasteiger partial charge in [-0.2, -0.15) is 5.26 Å². The molecule has 2 heterocycles. The molecule has 0 spiro atoms. The molecule has 3 rings (SSSR count). The van der Waals surface area contributed by atoms with E-state index in [0.29, 0.717) is 43.2 Å². The molecule has 1 aromatic carbocycles. The summed E-state index contributed by atoms with van der Waals surface area (Å²) in [7, 11) is 3.75. The van der Waals surface area contributed by atoms with Gasteiger partial charge in [-0.3, -0.25) is 0 Å². The number of piperazine rings is 1. The van der Waals surface area contributed by atoms with E-state index < -0.39 is 5.60 Å². The van der Waals surface area contributed by atoms with Gasteiger partial charge in [-0.15, -0.1) is 0 Å². The zero-order chi connectivity index (χ0) is 20.5. The molecule has 0 N–H and O–H groups in total. The number of amides is 1. The minimum absolute atomic E-state index is 0.0245. The third-order valence-electron chi connectivity index (χ3n) is 4.52. The lowest BCUT2D eigenvalue weighted by Crippen LogP contribution is -2.59. The van der Waals surface area contributed by atoms with Crippen LogP contribution in [-0.2, 0) is 4.74 Å². The van der Waals surface area contributed by atoms with E-state index in [1.54, 1.807) is 11.2 Å². The van der Waals surface area contributed by atoms with Crippen molar-refractivity contribution in [2.24, 2.45) is 4.99 Å². The Morgan fingerprint density at radius 3 is 2.79 bits per heavy atom. The Morgan fingerprint density at radius 1 is 1.39 bits per heavy atom. The summed E-state index contributed by atoms with van der Waals surface area (Å²) in [5, 5.41) is 9.65. The Bertz CT molecular complexity index is 822. The lowest BCUT2D eigenvalue weighted by Gasteiger charge is -2.45. The zero-order valence-electron chi connectivity index (χ0n) is 17.1. The van der Waals surface area contributed by atoms with Crippen molar-refractivity contribution in [3.05, 3.63) is 17.7 Å². The molecule has 2 aliphatic rings. The van der Waals surface area contributed by atoms with Crippen molar-refractivity contribution >= 4 is 23.8 Å². The molecule has 1 atom stereocenters. The normalized spacial score (nSPS) is 18.8. The minimum atomic E-state index is -0.519. The van der Waals surface area contributed by atoms with Gasteiger partial charge >= 0.3 is 6.09 Å². The number of aliphatic imine (C=N–C) groups is 1. The van der Waals surface area contributed by atoms with Crippen LogP contribution in [0.15, 0.2) is 17.1 Å². The predicted octanol–water partition coefficient (Wildman–Crippen LogP) is 2.60. The van der Waals surface area contributed by atoms with Crippen LogP contribution >= 0.6 is 0 Å². The second-order valence-corrected chi connectivity index (χ2v) is 8.21. The quantitative estimate of drug-likeness (QED) is 0.575. The smallest absolute Gasteiger partial charge is 0.410 e. The zero-order valence-corrected chi connectivity index (χ0v) is 17.1. The molecule has 150 valence electrons. The fraction of sp³-hybridized carbons (Fsp3) is 0.550. The molecule has 0 aromatic heterocycles. The maximum Gasteiger partial charge on any atom is 0.410 e. The molecule has 0 bridgehead atoms. The number of nitriles is 1. The van der Waals surface area contributed by atoms with Crippen LogP contribution in [0.4, 0.5) is 16.2 Å². The van der Waals surface area contributed by atoms with E-state index in [9.17, 15) is 10.1 Å². The van der Waals surface area contributed by atoms with Gasteiger partial charge in [0.05, 0.1) is 23.8 Å². The van der Waals surface area contributed by atoms with E-state index in [-0.39, 0.29) is 12.1 Å². The first-order valence-corrected chi connectivity index (χ1v) is 9.34. The summed E-state index contributed by atoms with van der Waals surface area (Å²) in [6.45, 7) is 7.74. The molecule has 1 aromatic rings. The van der Waals surface area contributed by atoms with Crippen molar-refractivity contribution in [1.82, 2.24) is 9.80 Å². The summed E-state index contributed by atoms with van der Waals surface area (Å²) in [5.41, 5.74) is 1.37. The highest BCUT2D eigenvalue weighted by Gasteiger charge is 2.37. The van der Waals surface area contributed by atoms with Crippen LogP contribution in [0.2, 0.25) is 0 Å². The fourth-order valence-corrected chi connectivity index (χ4v) is 3.31. The third-order valence-corrected chi connectivity index (χ3v) is 4.52. The van der Waals surface area contributed by atoms with E-state index >= 15 is 0 Å². The number of anilines is 1. The van der Waals surface area contributed by atoms with Gasteiger partial charge in [0.1, 0.15) is 23.8 Å². The highest BCUT2D eigenvalue weighted by atomic mass is 16.6. The van der Waals surface area contributed by atoms with Crippen LogP contribution in [0.5, 0.6) is 5.75 Å². The second kappa shape index (κ2) is 7.58. The molecule has 1 saturated heterocycles. The number of hydrogen-bond acceptors (Lipinski definition) is 6. The van der Waals surface area contributed by atoms with Crippen LogP contribution < -0.4 is 9.64 Å². The van der Waals surface area contributed by atoms with E-state index in [0.717, 1.165) is 5.69 Å². The molecular weight excluding hydrogens is 358 g/mol. The molecule has 2 aliphatic heterocycles. The highest BCUT2D eigenvalue weighted by molar-refractivity contribution is 5.77. The average molecular weight is 385 g/mol. The molecule has 28 heavy (non-hydrogen) atoms. The monoisotopic (exact) mass is 385 g/mol. The van der Waals surface area contributed by atoms with Gasteiger partial charge in [0.2, 0.25) is 0 Å². The van der Waals surface area contributed by atoms with Crippen LogP contribution in [0.3, 0.4) is 0 Å². The third kappa shape index (κ3) is 4.14. The first-order chi connectivity index (χ1) is 13.2. The summed E-state index contributed by atoms with van der Waals surface area (Å²) in [4.78, 5) is 22.5. The lowest BCUT2D eigenvalue weighted by molar-refractivity contribution is 0.0195. The van der Waals surface area contributed by atoms with Gasteiger partial charge in [0, 0.05) is 33.7 Å². The molecule has 0 unspecified atom stereocenters. The second-order valence-electron chi connectivity index (χ2n) is 8.21. The van der Waals surface area contributed by atoms with Crippen molar-refractivity contribution in [2.45, 2.75) is 32.4 Å². The molecule has 1 fully saturated rings. The number of nitrogens with zero attached hydrogens (tertiary/aromatic N) is 5. The number of fused-ring (bicyclic) bond motifs is 3. The Morgan fingerprint density at radius 2 is 2.14 bits per heavy atom. The molecule has 8 heteroatoms. The fourth-order valence-electron chi connectivity index (χ4n) is 3.31. The topological polar surface area (TPSA) is 81.4 Å². The molecular formula is C20H27N5O3. The summed E-state index contributed by atoms with van der Waals surface area (Å²) >= 11 is 0. The van der Waals surface area contributed by atoms with Gasteiger partial charge in [0.15, 0.2) is 5.75 Å². The minimum Gasteiger partial charge on any atom is -0.488 e. The Labute approximate surface area is 165 Å². The highest BCUT2D eigenvalue weighted by Crippen LogP contribution is 2.41. The van der Waals surface area contributed by atoms with E-state index in [1.807, 2.05) is 51.9 Å². The van der Waals surface area contributed by atoms with Gasteiger partial charge in [-0.25, -0.2) is 9.79 Å². The predicted molar refractivity (Wildman–Crippen MR) is 107 cm³/mol. The van der Waals surface area contributed by atoms with Crippen molar-refractivity contribution in [3.8, 4) is 11.8 Å². The summed E-state index contributed by atoms with van der Waals surface area (Å²) in [6, 6.07) is 6.03. The summed E-state index contributed by atoms with van der Waals surface area (Å²) < 4.78 is 11.5. The number of rotatable bonds is 2. The van der Waals surface area contributed by atoms with Crippen molar-refractivity contribution in [1.29, 1.82) is 5.26 Å². The summed E-state index contributed by atoms with van der Waals surface area (Å²) in [5.74, 6) is 0.567. The van der Waals surface area contributed by atoms with Gasteiger partial charge in [-0.1, -0.05) is 0 Å². The van der Waals surface area contributed by atoms with Crippen LogP contribution in [0.25, 0.3) is 0 Å². The number of benzene rings is 1. The molecule has 1 amide bonds. The Balaban J connectivity index is 1.81. The number of hydrogen-bond donors (Lipinski definition) is 0. The van der Waals surface area contributed by atoms with E-state index in [4.69, 9.17) is 9.47 Å². The SMILES string of the molecule is CN(C)C=Nc1ccc2c(c1C#N)OC[C@H]1CN(C(=O)OC(C)(C)C)CCN21. The van der Waals surface area contributed by atoms with Crippen LogP contribution in [0, 0.1) is 11.3 Å². The van der Waals surface area contributed by atoms with Gasteiger partial charge in [-0.05, 0) is 32.9 Å².